The van der Waals surface area contributed by atoms with Crippen LogP contribution in [-0.2, 0) is 22.5 Å². The predicted octanol–water partition coefficient (Wildman–Crippen LogP) is 3.07. The lowest BCUT2D eigenvalue weighted by molar-refractivity contribution is -0.151. The zero-order valence-corrected chi connectivity index (χ0v) is 20.0. The van der Waals surface area contributed by atoms with Gasteiger partial charge in [0, 0.05) is 44.6 Å². The molecule has 0 radical (unpaired) electrons. The lowest BCUT2D eigenvalue weighted by Gasteiger charge is -2.30. The number of benzene rings is 2. The number of ether oxygens (including phenoxy) is 3. The fraction of sp³-hybridized carbons (Fsp3) is 0.423. The van der Waals surface area contributed by atoms with Crippen LogP contribution in [0.5, 0.6) is 11.5 Å². The van der Waals surface area contributed by atoms with Gasteiger partial charge in [-0.05, 0) is 48.7 Å². The van der Waals surface area contributed by atoms with E-state index in [1.165, 1.54) is 11.9 Å². The van der Waals surface area contributed by atoms with E-state index in [9.17, 15) is 4.79 Å². The number of guanidine groups is 1. The van der Waals surface area contributed by atoms with E-state index in [0.717, 1.165) is 43.7 Å². The summed E-state index contributed by atoms with van der Waals surface area (Å²) in [5.41, 5.74) is 8.57. The average molecular weight is 480 g/mol. The number of hydrogen-bond donors (Lipinski definition) is 3. The van der Waals surface area contributed by atoms with E-state index in [1.54, 1.807) is 6.92 Å². The number of nitrogens with two attached hydrogens (primary N) is 1. The first kappa shape index (κ1) is 24.4. The van der Waals surface area contributed by atoms with Crippen LogP contribution in [0.3, 0.4) is 0 Å². The Morgan fingerprint density at radius 1 is 1.11 bits per heavy atom. The summed E-state index contributed by atoms with van der Waals surface area (Å²) in [7, 11) is 0. The molecule has 2 aromatic rings. The fourth-order valence-corrected chi connectivity index (χ4v) is 4.46. The fourth-order valence-electron chi connectivity index (χ4n) is 4.46. The molecule has 0 bridgehead atoms. The lowest BCUT2D eigenvalue weighted by Crippen LogP contribution is -2.40. The third kappa shape index (κ3) is 6.03. The molecular weight excluding hydrogens is 446 g/mol. The summed E-state index contributed by atoms with van der Waals surface area (Å²) in [5.74, 6) is 0.894. The maximum Gasteiger partial charge on any atom is 0.352 e. The molecule has 1 unspecified atom stereocenters. The average Bonchev–Trinajstić information content (AvgIpc) is 2.88. The van der Waals surface area contributed by atoms with Crippen LogP contribution in [-0.4, -0.2) is 60.4 Å². The minimum atomic E-state index is -0.912. The highest BCUT2D eigenvalue weighted by molar-refractivity contribution is 5.77. The Bertz CT molecular complexity index is 1050. The molecule has 0 aliphatic carbocycles. The van der Waals surface area contributed by atoms with Crippen LogP contribution < -0.4 is 15.2 Å². The van der Waals surface area contributed by atoms with Crippen LogP contribution in [0.15, 0.2) is 42.5 Å². The molecule has 1 fully saturated rings. The molecule has 0 saturated carbocycles. The predicted molar refractivity (Wildman–Crippen MR) is 133 cm³/mol. The SMILES string of the molecule is CCOC(=O)C(Oc1ccc2c(c1)CN(C(=N)N)CC2)c1ccc(OC2CCN(C=N)CC2)cc1. The van der Waals surface area contributed by atoms with Crippen molar-refractivity contribution in [3.8, 4) is 11.5 Å². The number of fused-ring (bicyclic) bond motifs is 1. The Morgan fingerprint density at radius 3 is 2.49 bits per heavy atom. The molecule has 35 heavy (non-hydrogen) atoms. The van der Waals surface area contributed by atoms with Gasteiger partial charge in [-0.2, -0.15) is 0 Å². The number of hydrogen-bond acceptors (Lipinski definition) is 6. The van der Waals surface area contributed by atoms with E-state index in [4.69, 9.17) is 30.8 Å². The quantitative estimate of drug-likeness (QED) is 0.302. The van der Waals surface area contributed by atoms with E-state index in [-0.39, 0.29) is 18.7 Å². The number of esters is 1. The highest BCUT2D eigenvalue weighted by Crippen LogP contribution is 2.29. The third-order valence-electron chi connectivity index (χ3n) is 6.43. The summed E-state index contributed by atoms with van der Waals surface area (Å²) in [5, 5.41) is 15.1. The molecule has 2 heterocycles. The van der Waals surface area contributed by atoms with Crippen molar-refractivity contribution in [3.05, 3.63) is 59.2 Å². The first-order chi connectivity index (χ1) is 17.0. The Labute approximate surface area is 205 Å². The zero-order chi connectivity index (χ0) is 24.8. The van der Waals surface area contributed by atoms with Crippen molar-refractivity contribution in [3.63, 3.8) is 0 Å². The number of carbonyl (C=O) groups is 1. The molecule has 2 aromatic carbocycles. The first-order valence-electron chi connectivity index (χ1n) is 12.0. The first-order valence-corrected chi connectivity index (χ1v) is 12.0. The van der Waals surface area contributed by atoms with Crippen LogP contribution >= 0.6 is 0 Å². The van der Waals surface area contributed by atoms with Crippen LogP contribution in [0.1, 0.15) is 42.6 Å². The van der Waals surface area contributed by atoms with Crippen LogP contribution in [0.2, 0.25) is 0 Å². The normalized spacial score (nSPS) is 16.7. The van der Waals surface area contributed by atoms with E-state index < -0.39 is 12.1 Å². The van der Waals surface area contributed by atoms with Gasteiger partial charge in [-0.15, -0.1) is 0 Å². The molecule has 0 spiro atoms. The Hall–Kier alpha value is -3.75. The zero-order valence-electron chi connectivity index (χ0n) is 20.0. The summed E-state index contributed by atoms with van der Waals surface area (Å²) in [4.78, 5) is 16.6. The van der Waals surface area contributed by atoms with Crippen molar-refractivity contribution < 1.29 is 19.0 Å². The lowest BCUT2D eigenvalue weighted by atomic mass is 9.99. The van der Waals surface area contributed by atoms with Gasteiger partial charge >= 0.3 is 5.97 Å². The van der Waals surface area contributed by atoms with Gasteiger partial charge in [0.25, 0.3) is 0 Å². The molecule has 4 N–H and O–H groups in total. The molecular formula is C26H33N5O4. The molecule has 1 atom stereocenters. The summed E-state index contributed by atoms with van der Waals surface area (Å²) in [6.07, 6.45) is 3.11. The molecule has 4 rings (SSSR count). The second kappa shape index (κ2) is 11.1. The van der Waals surface area contributed by atoms with Gasteiger partial charge in [0.2, 0.25) is 6.10 Å². The number of nitrogens with one attached hydrogen (secondary N) is 2. The number of piperidine rings is 1. The van der Waals surface area contributed by atoms with Crippen LogP contribution in [0, 0.1) is 10.8 Å². The Morgan fingerprint density at radius 2 is 1.83 bits per heavy atom. The number of nitrogens with zero attached hydrogens (tertiary/aromatic N) is 2. The van der Waals surface area contributed by atoms with E-state index in [0.29, 0.717) is 24.4 Å². The van der Waals surface area contributed by atoms with Gasteiger partial charge in [-0.1, -0.05) is 18.2 Å². The van der Waals surface area contributed by atoms with Crippen molar-refractivity contribution in [2.24, 2.45) is 5.73 Å². The minimum absolute atomic E-state index is 0.0500. The van der Waals surface area contributed by atoms with Crippen molar-refractivity contribution in [2.45, 2.75) is 44.9 Å². The molecule has 2 aliphatic rings. The standard InChI is InChI=1S/C26H33N5O4/c1-2-33-25(32)24(35-23-8-3-18-9-14-31(26(28)29)16-20(18)15-23)19-4-6-21(7-5-19)34-22-10-12-30(17-27)13-11-22/h3-8,15,17,22,24,27H,2,9-14,16H2,1H3,(H3,28,29). The summed E-state index contributed by atoms with van der Waals surface area (Å²) >= 11 is 0. The molecule has 0 aromatic heterocycles. The van der Waals surface area contributed by atoms with E-state index >= 15 is 0 Å². The molecule has 186 valence electrons. The van der Waals surface area contributed by atoms with E-state index in [1.807, 2.05) is 52.3 Å². The second-order valence-corrected chi connectivity index (χ2v) is 8.79. The Kier molecular flexibility index (Phi) is 7.74. The van der Waals surface area contributed by atoms with Crippen molar-refractivity contribution in [2.75, 3.05) is 26.2 Å². The van der Waals surface area contributed by atoms with Crippen molar-refractivity contribution in [1.82, 2.24) is 9.80 Å². The van der Waals surface area contributed by atoms with E-state index in [2.05, 4.69) is 0 Å². The molecule has 0 amide bonds. The van der Waals surface area contributed by atoms with Gasteiger partial charge in [0.1, 0.15) is 17.6 Å². The number of likely N-dealkylation sites (tertiary alicyclic amines) is 1. The molecule has 9 heteroatoms. The largest absolute Gasteiger partial charge is 0.490 e. The second-order valence-electron chi connectivity index (χ2n) is 8.79. The van der Waals surface area contributed by atoms with Crippen LogP contribution in [0.4, 0.5) is 0 Å². The van der Waals surface area contributed by atoms with Gasteiger partial charge < -0.3 is 29.7 Å². The van der Waals surface area contributed by atoms with Crippen LogP contribution in [0.25, 0.3) is 0 Å². The Balaban J connectivity index is 1.47. The molecule has 2 aliphatic heterocycles. The minimum Gasteiger partial charge on any atom is -0.490 e. The molecule has 9 nitrogen and oxygen atoms in total. The smallest absolute Gasteiger partial charge is 0.352 e. The van der Waals surface area contributed by atoms with Gasteiger partial charge in [-0.25, -0.2) is 4.79 Å². The maximum atomic E-state index is 12.8. The highest BCUT2D eigenvalue weighted by Gasteiger charge is 2.26. The summed E-state index contributed by atoms with van der Waals surface area (Å²) < 4.78 is 17.5. The summed E-state index contributed by atoms with van der Waals surface area (Å²) in [6.45, 7) is 4.91. The van der Waals surface area contributed by atoms with Gasteiger partial charge in [-0.3, -0.25) is 10.8 Å². The third-order valence-corrected chi connectivity index (χ3v) is 6.43. The number of carbonyl (C=O) groups excluding carboxylic acids is 1. The van der Waals surface area contributed by atoms with Crippen molar-refractivity contribution >= 4 is 18.3 Å². The number of rotatable bonds is 8. The van der Waals surface area contributed by atoms with Gasteiger partial charge in [0.05, 0.1) is 12.9 Å². The van der Waals surface area contributed by atoms with Crippen molar-refractivity contribution in [1.29, 1.82) is 10.8 Å². The van der Waals surface area contributed by atoms with Gasteiger partial charge in [0.15, 0.2) is 5.96 Å². The monoisotopic (exact) mass is 479 g/mol. The maximum absolute atomic E-state index is 12.8. The topological polar surface area (TPSA) is 125 Å². The molecule has 1 saturated heterocycles. The summed E-state index contributed by atoms with van der Waals surface area (Å²) in [6, 6.07) is 13.2. The highest BCUT2D eigenvalue weighted by atomic mass is 16.6.